The van der Waals surface area contributed by atoms with Crippen molar-refractivity contribution in [2.45, 2.75) is 367 Å². The minimum Gasteiger partial charge on any atom is -0.462 e. The second-order valence-electron chi connectivity index (χ2n) is 26.0. The summed E-state index contributed by atoms with van der Waals surface area (Å²) < 4.78 is 10.8. The molecular formula is C89H148O5. The van der Waals surface area contributed by atoms with Gasteiger partial charge in [0.1, 0.15) is 6.61 Å². The topological polar surface area (TPSA) is 72.8 Å². The van der Waals surface area contributed by atoms with Gasteiger partial charge in [0.2, 0.25) is 0 Å². The second-order valence-corrected chi connectivity index (χ2v) is 26.0. The van der Waals surface area contributed by atoms with E-state index in [1.165, 1.54) is 205 Å². The molecule has 0 saturated heterocycles. The van der Waals surface area contributed by atoms with Crippen molar-refractivity contribution in [1.29, 1.82) is 0 Å². The molecule has 0 fully saturated rings. The van der Waals surface area contributed by atoms with Gasteiger partial charge in [-0.1, -0.05) is 389 Å². The third kappa shape index (κ3) is 79.7. The molecule has 1 N–H and O–H groups in total. The van der Waals surface area contributed by atoms with Gasteiger partial charge in [-0.3, -0.25) is 9.59 Å². The first kappa shape index (κ1) is 89.3. The number of hydrogen-bond donors (Lipinski definition) is 1. The predicted molar refractivity (Wildman–Crippen MR) is 417 cm³/mol. The van der Waals surface area contributed by atoms with Crippen LogP contribution >= 0.6 is 0 Å². The van der Waals surface area contributed by atoms with Gasteiger partial charge in [-0.2, -0.15) is 0 Å². The Morgan fingerprint density at radius 3 is 0.638 bits per heavy atom. The number of ether oxygens (including phenoxy) is 2. The van der Waals surface area contributed by atoms with Gasteiger partial charge in [0.05, 0.1) is 6.61 Å². The molecule has 534 valence electrons. The fourth-order valence-corrected chi connectivity index (χ4v) is 11.2. The summed E-state index contributed by atoms with van der Waals surface area (Å²) in [6.45, 7) is 3.93. The van der Waals surface area contributed by atoms with Crippen LogP contribution in [-0.2, 0) is 19.1 Å². The van der Waals surface area contributed by atoms with E-state index in [9.17, 15) is 14.7 Å². The summed E-state index contributed by atoms with van der Waals surface area (Å²) in [5, 5.41) is 9.73. The van der Waals surface area contributed by atoms with Crippen LogP contribution in [0, 0.1) is 0 Å². The van der Waals surface area contributed by atoms with E-state index in [-0.39, 0.29) is 25.2 Å². The molecule has 5 nitrogen and oxygen atoms in total. The molecule has 94 heavy (non-hydrogen) atoms. The summed E-state index contributed by atoms with van der Waals surface area (Å²) in [6, 6.07) is 0. The summed E-state index contributed by atoms with van der Waals surface area (Å²) >= 11 is 0. The second kappa shape index (κ2) is 82.5. The quantitative estimate of drug-likeness (QED) is 0.0373. The molecule has 0 bridgehead atoms. The van der Waals surface area contributed by atoms with Gasteiger partial charge >= 0.3 is 11.9 Å². The van der Waals surface area contributed by atoms with Crippen molar-refractivity contribution in [3.63, 3.8) is 0 Å². The number of aliphatic hydroxyl groups is 1. The summed E-state index contributed by atoms with van der Waals surface area (Å²) in [6.07, 6.45) is 127. The van der Waals surface area contributed by atoms with Crippen LogP contribution in [0.2, 0.25) is 0 Å². The van der Waals surface area contributed by atoms with E-state index in [0.29, 0.717) is 12.8 Å². The van der Waals surface area contributed by atoms with E-state index in [1.807, 2.05) is 0 Å². The van der Waals surface area contributed by atoms with Crippen LogP contribution in [0.25, 0.3) is 0 Å². The molecule has 0 aliphatic rings. The van der Waals surface area contributed by atoms with E-state index in [2.05, 4.69) is 184 Å². The Morgan fingerprint density at radius 1 is 0.245 bits per heavy atom. The van der Waals surface area contributed by atoms with E-state index < -0.39 is 6.10 Å². The zero-order chi connectivity index (χ0) is 67.5. The molecule has 1 atom stereocenters. The van der Waals surface area contributed by atoms with E-state index >= 15 is 0 Å². The number of carbonyl (C=O) groups is 2. The zero-order valence-electron chi connectivity index (χ0n) is 61.4. The monoisotopic (exact) mass is 1300 g/mol. The molecule has 0 amide bonds. The predicted octanol–water partition coefficient (Wildman–Crippen LogP) is 28.3. The minimum atomic E-state index is -0.784. The lowest BCUT2D eigenvalue weighted by atomic mass is 10.0. The molecule has 0 aromatic rings. The van der Waals surface area contributed by atoms with Gasteiger partial charge in [0.25, 0.3) is 0 Å². The molecule has 0 aromatic carbocycles. The molecule has 0 rings (SSSR count). The summed E-state index contributed by atoms with van der Waals surface area (Å²) in [4.78, 5) is 24.7. The lowest BCUT2D eigenvalue weighted by Gasteiger charge is -2.15. The first-order chi connectivity index (χ1) is 46.6. The maximum atomic E-state index is 12.4. The Kier molecular flexibility index (Phi) is 78.3. The fraction of sp³-hybridized carbons (Fsp3) is 0.663. The van der Waals surface area contributed by atoms with E-state index in [1.54, 1.807) is 0 Å². The molecule has 5 heteroatoms. The Hall–Kier alpha value is -4.74. The molecule has 0 aromatic heterocycles. The van der Waals surface area contributed by atoms with Gasteiger partial charge in [0, 0.05) is 12.8 Å². The molecule has 0 aliphatic heterocycles. The number of aliphatic hydroxyl groups excluding tert-OH is 1. The van der Waals surface area contributed by atoms with Gasteiger partial charge in [-0.15, -0.1) is 0 Å². The van der Waals surface area contributed by atoms with Gasteiger partial charge in [0.15, 0.2) is 6.10 Å². The summed E-state index contributed by atoms with van der Waals surface area (Å²) in [7, 11) is 0. The van der Waals surface area contributed by atoms with Crippen molar-refractivity contribution in [3.05, 3.63) is 170 Å². The lowest BCUT2D eigenvalue weighted by molar-refractivity contribution is -0.161. The van der Waals surface area contributed by atoms with Gasteiger partial charge in [-0.25, -0.2) is 0 Å². The van der Waals surface area contributed by atoms with Crippen LogP contribution in [0.3, 0.4) is 0 Å². The minimum absolute atomic E-state index is 0.0707. The Balaban J connectivity index is 3.47. The summed E-state index contributed by atoms with van der Waals surface area (Å²) in [5.41, 5.74) is 0. The van der Waals surface area contributed by atoms with Gasteiger partial charge in [-0.05, 0) is 128 Å². The number of rotatable bonds is 72. The molecular weight excluding hydrogens is 1150 g/mol. The number of allylic oxidation sites excluding steroid dienone is 28. The van der Waals surface area contributed by atoms with Crippen LogP contribution in [0.5, 0.6) is 0 Å². The Morgan fingerprint density at radius 2 is 0.426 bits per heavy atom. The molecule has 0 radical (unpaired) electrons. The first-order valence-corrected chi connectivity index (χ1v) is 39.7. The lowest BCUT2D eigenvalue weighted by Crippen LogP contribution is -2.28. The number of hydrogen-bond acceptors (Lipinski definition) is 5. The van der Waals surface area contributed by atoms with Crippen LogP contribution in [0.15, 0.2) is 170 Å². The highest BCUT2D eigenvalue weighted by Crippen LogP contribution is 2.18. The van der Waals surface area contributed by atoms with E-state index in [0.717, 1.165) is 128 Å². The van der Waals surface area contributed by atoms with Crippen molar-refractivity contribution >= 4 is 11.9 Å². The fourth-order valence-electron chi connectivity index (χ4n) is 11.2. The maximum Gasteiger partial charge on any atom is 0.306 e. The number of esters is 2. The average molecular weight is 1300 g/mol. The average Bonchev–Trinajstić information content (AvgIpc) is 3.65. The SMILES string of the molecule is CC/C=C\C/C=C\C/C=C\C/C=C\C/C=C\C/C=C\C/C=C\C/C=C\C/C=C\CCCCCCCCCCCCCC(=O)OC(CO)COC(=O)CCCCCCCCCCCCCCCCCCCCCCCCCCC/C=C\C/C=C\C/C=C\C/C=C\C/C=C\CC. The maximum absolute atomic E-state index is 12.4. The van der Waals surface area contributed by atoms with Crippen molar-refractivity contribution in [1.82, 2.24) is 0 Å². The van der Waals surface area contributed by atoms with Crippen molar-refractivity contribution in [2.75, 3.05) is 13.2 Å². The highest BCUT2D eigenvalue weighted by atomic mass is 16.6. The first-order valence-electron chi connectivity index (χ1n) is 39.7. The van der Waals surface area contributed by atoms with Crippen molar-refractivity contribution in [3.8, 4) is 0 Å². The third-order valence-corrected chi connectivity index (χ3v) is 17.0. The zero-order valence-corrected chi connectivity index (χ0v) is 61.4. The van der Waals surface area contributed by atoms with Crippen molar-refractivity contribution in [2.24, 2.45) is 0 Å². The van der Waals surface area contributed by atoms with E-state index in [4.69, 9.17) is 9.47 Å². The smallest absolute Gasteiger partial charge is 0.306 e. The van der Waals surface area contributed by atoms with Crippen LogP contribution in [-0.4, -0.2) is 36.4 Å². The Bertz CT molecular complexity index is 2010. The van der Waals surface area contributed by atoms with Crippen molar-refractivity contribution < 1.29 is 24.2 Å². The van der Waals surface area contributed by atoms with Crippen LogP contribution < -0.4 is 0 Å². The third-order valence-electron chi connectivity index (χ3n) is 17.0. The standard InChI is InChI=1S/C89H148O5/c1-3-5-7-9-11-13-15-17-19-21-23-25-27-29-31-33-35-37-39-41-43-44-46-47-49-51-53-55-57-59-61-63-65-67-69-71-73-75-77-79-81-83-88(91)93-86-87(85-90)94-89(92)84-82-80-78-76-74-72-70-68-66-64-62-60-58-56-54-52-50-48-45-42-40-38-36-34-32-30-28-26-24-22-20-18-16-14-12-10-8-6-4-2/h5-8,11-14,17-20,23-26,29-32,36,38,42,45,50,52,56,58,87,90H,3-4,9-10,15-16,21-22,27-28,33-35,37,39-41,43-44,46-49,51,53-55,57,59-86H2,1-2H3/b7-5-,8-6-,13-11-,14-12-,19-17-,20-18-,25-23-,26-24-,31-29-,32-30-,38-36-,45-42-,52-50-,58-56-. The largest absolute Gasteiger partial charge is 0.462 e. The molecule has 0 heterocycles. The van der Waals surface area contributed by atoms with Crippen LogP contribution in [0.4, 0.5) is 0 Å². The normalized spacial score (nSPS) is 13.2. The highest BCUT2D eigenvalue weighted by molar-refractivity contribution is 5.70. The Labute approximate surface area is 583 Å². The molecule has 0 aliphatic carbocycles. The number of carbonyl (C=O) groups excluding carboxylic acids is 2. The molecule has 1 unspecified atom stereocenters. The van der Waals surface area contributed by atoms with Gasteiger partial charge < -0.3 is 14.6 Å². The number of unbranched alkanes of at least 4 members (excludes halogenated alkanes) is 36. The van der Waals surface area contributed by atoms with Crippen LogP contribution in [0.1, 0.15) is 361 Å². The summed E-state index contributed by atoms with van der Waals surface area (Å²) in [5.74, 6) is -0.587. The molecule has 0 saturated carbocycles. The highest BCUT2D eigenvalue weighted by Gasteiger charge is 2.16. The molecule has 0 spiro atoms.